The van der Waals surface area contributed by atoms with Crippen molar-refractivity contribution in [1.82, 2.24) is 15.1 Å². The highest BCUT2D eigenvalue weighted by Crippen LogP contribution is 2.34. The first-order valence-corrected chi connectivity index (χ1v) is 9.82. The van der Waals surface area contributed by atoms with Gasteiger partial charge >= 0.3 is 6.09 Å². The Morgan fingerprint density at radius 3 is 2.16 bits per heavy atom. The maximum atomic E-state index is 12.6. The molecule has 0 bridgehead atoms. The zero-order valence-electron chi connectivity index (χ0n) is 18.6. The third-order valence-electron chi connectivity index (χ3n) is 4.62. The van der Waals surface area contributed by atoms with Crippen LogP contribution in [0.2, 0.25) is 0 Å². The van der Waals surface area contributed by atoms with Crippen LogP contribution in [0.5, 0.6) is 11.5 Å². The van der Waals surface area contributed by atoms with Crippen LogP contribution in [0.4, 0.5) is 4.79 Å². The van der Waals surface area contributed by atoms with E-state index in [0.717, 1.165) is 11.1 Å². The molecule has 3 aromatic rings. The van der Waals surface area contributed by atoms with E-state index in [0.29, 0.717) is 34.5 Å². The summed E-state index contributed by atoms with van der Waals surface area (Å²) in [6.07, 6.45) is -0.469. The number of ether oxygens (including phenoxy) is 3. The average molecular weight is 425 g/mol. The molecule has 0 aliphatic heterocycles. The van der Waals surface area contributed by atoms with Crippen molar-refractivity contribution in [2.24, 2.45) is 7.05 Å². The normalized spacial score (nSPS) is 11.3. The molecule has 1 heterocycles. The van der Waals surface area contributed by atoms with E-state index in [2.05, 4.69) is 10.4 Å². The summed E-state index contributed by atoms with van der Waals surface area (Å²) in [5.41, 5.74) is 1.60. The van der Waals surface area contributed by atoms with Crippen molar-refractivity contribution in [1.29, 1.82) is 0 Å². The molecule has 1 amide bonds. The number of hydrogen-bond donors (Lipinski definition) is 1. The summed E-state index contributed by atoms with van der Waals surface area (Å²) in [6.45, 7) is 5.78. The van der Waals surface area contributed by atoms with Gasteiger partial charge in [0.1, 0.15) is 5.60 Å². The summed E-state index contributed by atoms with van der Waals surface area (Å²) in [5.74, 6) is 0.997. The number of fused-ring (bicyclic) bond motifs is 1. The largest absolute Gasteiger partial charge is 0.493 e. The summed E-state index contributed by atoms with van der Waals surface area (Å²) in [7, 11) is 4.69. The minimum Gasteiger partial charge on any atom is -0.493 e. The van der Waals surface area contributed by atoms with Gasteiger partial charge in [0, 0.05) is 24.5 Å². The summed E-state index contributed by atoms with van der Waals surface area (Å²) >= 11 is 0. The van der Waals surface area contributed by atoms with Crippen LogP contribution in [-0.4, -0.2) is 35.7 Å². The highest BCUT2D eigenvalue weighted by molar-refractivity contribution is 5.96. The first-order chi connectivity index (χ1) is 14.6. The third-order valence-corrected chi connectivity index (χ3v) is 4.62. The number of amides is 1. The van der Waals surface area contributed by atoms with Crippen LogP contribution >= 0.6 is 0 Å². The van der Waals surface area contributed by atoms with Gasteiger partial charge in [-0.3, -0.25) is 4.79 Å². The molecule has 0 fully saturated rings. The van der Waals surface area contributed by atoms with Crippen molar-refractivity contribution in [3.63, 3.8) is 0 Å². The number of alkyl carbamates (subject to hydrolysis) is 1. The Hall–Kier alpha value is -3.55. The van der Waals surface area contributed by atoms with Gasteiger partial charge in [0.2, 0.25) is 0 Å². The standard InChI is InChI=1S/C23H27N3O5/c1-23(2,3)31-22(28)24-13-14-7-9-15(10-8-14)20-16-11-18(29-5)19(30-6)12-17(16)21(27)26(4)25-20/h7-12H,13H2,1-6H3,(H,24,28). The molecule has 8 heteroatoms. The van der Waals surface area contributed by atoms with E-state index in [9.17, 15) is 9.59 Å². The number of rotatable bonds is 5. The number of carbonyl (C=O) groups is 1. The van der Waals surface area contributed by atoms with Gasteiger partial charge in [-0.1, -0.05) is 24.3 Å². The molecule has 3 rings (SSSR count). The Kier molecular flexibility index (Phi) is 6.19. The van der Waals surface area contributed by atoms with E-state index in [1.54, 1.807) is 26.3 Å². The molecule has 164 valence electrons. The second-order valence-electron chi connectivity index (χ2n) is 8.08. The Labute approximate surface area is 180 Å². The van der Waals surface area contributed by atoms with Crippen molar-refractivity contribution < 1.29 is 19.0 Å². The van der Waals surface area contributed by atoms with E-state index in [1.165, 1.54) is 11.8 Å². The minimum atomic E-state index is -0.548. The van der Waals surface area contributed by atoms with Crippen LogP contribution in [-0.2, 0) is 18.3 Å². The molecular formula is C23H27N3O5. The molecule has 0 aliphatic rings. The molecule has 2 aromatic carbocycles. The molecule has 31 heavy (non-hydrogen) atoms. The molecule has 0 radical (unpaired) electrons. The van der Waals surface area contributed by atoms with Crippen molar-refractivity contribution >= 4 is 16.9 Å². The molecule has 0 unspecified atom stereocenters. The number of hydrogen-bond acceptors (Lipinski definition) is 6. The van der Waals surface area contributed by atoms with Crippen molar-refractivity contribution in [3.8, 4) is 22.8 Å². The number of aryl methyl sites for hydroxylation is 1. The summed E-state index contributed by atoms with van der Waals surface area (Å²) in [4.78, 5) is 24.5. The fourth-order valence-corrected chi connectivity index (χ4v) is 3.16. The number of aromatic nitrogens is 2. The Morgan fingerprint density at radius 2 is 1.61 bits per heavy atom. The average Bonchev–Trinajstić information content (AvgIpc) is 2.73. The lowest BCUT2D eigenvalue weighted by molar-refractivity contribution is 0.0523. The van der Waals surface area contributed by atoms with E-state index in [-0.39, 0.29) is 5.56 Å². The number of nitrogens with zero attached hydrogens (tertiary/aromatic N) is 2. The molecular weight excluding hydrogens is 398 g/mol. The first kappa shape index (κ1) is 22.1. The Balaban J connectivity index is 1.94. The van der Waals surface area contributed by atoms with Gasteiger partial charge in [0.25, 0.3) is 5.56 Å². The maximum absolute atomic E-state index is 12.6. The summed E-state index contributed by atoms with van der Waals surface area (Å²) in [5, 5.41) is 8.35. The van der Waals surface area contributed by atoms with Crippen molar-refractivity contribution in [2.75, 3.05) is 14.2 Å². The Bertz CT molecular complexity index is 1160. The van der Waals surface area contributed by atoms with Crippen LogP contribution in [0.25, 0.3) is 22.0 Å². The van der Waals surface area contributed by atoms with Gasteiger partial charge in [-0.2, -0.15) is 5.10 Å². The van der Waals surface area contributed by atoms with Gasteiger partial charge < -0.3 is 19.5 Å². The lowest BCUT2D eigenvalue weighted by Crippen LogP contribution is -2.32. The predicted molar refractivity (Wildman–Crippen MR) is 119 cm³/mol. The van der Waals surface area contributed by atoms with Crippen LogP contribution in [0.3, 0.4) is 0 Å². The minimum absolute atomic E-state index is 0.224. The van der Waals surface area contributed by atoms with Crippen LogP contribution in [0, 0.1) is 0 Å². The van der Waals surface area contributed by atoms with Gasteiger partial charge in [-0.15, -0.1) is 0 Å². The lowest BCUT2D eigenvalue weighted by Gasteiger charge is -2.19. The maximum Gasteiger partial charge on any atom is 0.407 e. The smallest absolute Gasteiger partial charge is 0.407 e. The molecule has 8 nitrogen and oxygen atoms in total. The van der Waals surface area contributed by atoms with Gasteiger partial charge in [-0.05, 0) is 38.5 Å². The van der Waals surface area contributed by atoms with E-state index in [4.69, 9.17) is 14.2 Å². The quantitative estimate of drug-likeness (QED) is 0.671. The zero-order chi connectivity index (χ0) is 22.8. The van der Waals surface area contributed by atoms with Crippen molar-refractivity contribution in [3.05, 3.63) is 52.3 Å². The van der Waals surface area contributed by atoms with Gasteiger partial charge in [0.15, 0.2) is 11.5 Å². The topological polar surface area (TPSA) is 91.7 Å². The monoisotopic (exact) mass is 425 g/mol. The molecule has 0 aliphatic carbocycles. The highest BCUT2D eigenvalue weighted by Gasteiger charge is 2.17. The zero-order valence-corrected chi connectivity index (χ0v) is 18.6. The molecule has 0 saturated heterocycles. The fourth-order valence-electron chi connectivity index (χ4n) is 3.16. The third kappa shape index (κ3) is 4.96. The van der Waals surface area contributed by atoms with Crippen LogP contribution < -0.4 is 20.3 Å². The highest BCUT2D eigenvalue weighted by atomic mass is 16.6. The van der Waals surface area contributed by atoms with E-state index in [1.807, 2.05) is 45.0 Å². The van der Waals surface area contributed by atoms with Crippen LogP contribution in [0.1, 0.15) is 26.3 Å². The molecule has 0 saturated carbocycles. The van der Waals surface area contributed by atoms with Crippen LogP contribution in [0.15, 0.2) is 41.2 Å². The molecule has 0 atom stereocenters. The second kappa shape index (κ2) is 8.67. The van der Waals surface area contributed by atoms with Gasteiger partial charge in [0.05, 0.1) is 25.3 Å². The van der Waals surface area contributed by atoms with Gasteiger partial charge in [-0.25, -0.2) is 9.48 Å². The first-order valence-electron chi connectivity index (χ1n) is 9.82. The number of carbonyl (C=O) groups excluding carboxylic acids is 1. The summed E-state index contributed by atoms with van der Waals surface area (Å²) < 4.78 is 17.3. The predicted octanol–water partition coefficient (Wildman–Crippen LogP) is 3.64. The molecule has 1 N–H and O–H groups in total. The number of methoxy groups -OCH3 is 2. The summed E-state index contributed by atoms with van der Waals surface area (Å²) in [6, 6.07) is 11.0. The number of benzene rings is 2. The van der Waals surface area contributed by atoms with E-state index < -0.39 is 11.7 Å². The number of nitrogens with one attached hydrogen (secondary N) is 1. The second-order valence-corrected chi connectivity index (χ2v) is 8.08. The SMILES string of the molecule is COc1cc2c(-c3ccc(CNC(=O)OC(C)(C)C)cc3)nn(C)c(=O)c2cc1OC. The Morgan fingerprint density at radius 1 is 1.03 bits per heavy atom. The molecule has 0 spiro atoms. The van der Waals surface area contributed by atoms with Crippen molar-refractivity contribution in [2.45, 2.75) is 32.9 Å². The lowest BCUT2D eigenvalue weighted by atomic mass is 10.0. The van der Waals surface area contributed by atoms with E-state index >= 15 is 0 Å². The molecule has 1 aromatic heterocycles. The fraction of sp³-hybridized carbons (Fsp3) is 0.348.